The molecule has 0 atom stereocenters. The molecule has 0 radical (unpaired) electrons. The van der Waals surface area contributed by atoms with E-state index in [1.807, 2.05) is 0 Å². The molecule has 0 N–H and O–H groups in total. The number of hydrogen-bond donors (Lipinski definition) is 0. The van der Waals surface area contributed by atoms with Crippen molar-refractivity contribution in [2.45, 2.75) is 10.4 Å². The van der Waals surface area contributed by atoms with E-state index in [1.165, 1.54) is 30.5 Å². The lowest BCUT2D eigenvalue weighted by Gasteiger charge is -2.04. The van der Waals surface area contributed by atoms with Gasteiger partial charge >= 0.3 is 5.51 Å². The Bertz CT molecular complexity index is 851. The molecule has 0 unspecified atom stereocenters. The van der Waals surface area contributed by atoms with Crippen molar-refractivity contribution in [3.63, 3.8) is 0 Å². The molecule has 0 saturated carbocycles. The summed E-state index contributed by atoms with van der Waals surface area (Å²) in [4.78, 5) is 8.17. The van der Waals surface area contributed by atoms with Crippen molar-refractivity contribution in [2.75, 3.05) is 0 Å². The van der Waals surface area contributed by atoms with Gasteiger partial charge in [-0.3, -0.25) is 0 Å². The molecule has 0 aliphatic rings. The third-order valence-corrected chi connectivity index (χ3v) is 3.82. The number of pyridine rings is 1. The number of thioether (sulfide) groups is 1. The Morgan fingerprint density at radius 2 is 1.91 bits per heavy atom. The molecule has 0 fully saturated rings. The summed E-state index contributed by atoms with van der Waals surface area (Å²) >= 11 is 11.6. The van der Waals surface area contributed by atoms with Crippen molar-refractivity contribution in [2.24, 2.45) is 0 Å². The van der Waals surface area contributed by atoms with E-state index in [-0.39, 0.29) is 38.8 Å². The predicted octanol–water partition coefficient (Wildman–Crippen LogP) is 5.81. The number of nitrogens with zero attached hydrogens (tertiary/aromatic N) is 2. The molecule has 3 rings (SSSR count). The zero-order chi connectivity index (χ0) is 15.9. The summed E-state index contributed by atoms with van der Waals surface area (Å²) in [6, 6.07) is 5.51. The SMILES string of the molecule is FC(F)(F)Sc1ccc2oc(-c3ncc(Cl)cc3Cl)nc2c1. The van der Waals surface area contributed by atoms with Crippen LogP contribution in [0.15, 0.2) is 39.8 Å². The monoisotopic (exact) mass is 364 g/mol. The van der Waals surface area contributed by atoms with Gasteiger partial charge in [0.15, 0.2) is 5.58 Å². The van der Waals surface area contributed by atoms with Crippen molar-refractivity contribution in [1.29, 1.82) is 0 Å². The van der Waals surface area contributed by atoms with Crippen LogP contribution in [0, 0.1) is 0 Å². The summed E-state index contributed by atoms with van der Waals surface area (Å²) in [5.41, 5.74) is -3.46. The highest BCUT2D eigenvalue weighted by atomic mass is 35.5. The molecule has 3 aromatic rings. The fourth-order valence-corrected chi connectivity index (χ4v) is 2.81. The molecule has 114 valence electrons. The van der Waals surface area contributed by atoms with Gasteiger partial charge < -0.3 is 4.42 Å². The van der Waals surface area contributed by atoms with Crippen LogP contribution in [-0.4, -0.2) is 15.5 Å². The van der Waals surface area contributed by atoms with Crippen LogP contribution in [-0.2, 0) is 0 Å². The first kappa shape index (κ1) is 15.5. The second-order valence-corrected chi connectivity index (χ2v) is 6.16. The first-order valence-corrected chi connectivity index (χ1v) is 7.37. The Morgan fingerprint density at radius 1 is 1.14 bits per heavy atom. The van der Waals surface area contributed by atoms with Crippen LogP contribution >= 0.6 is 35.0 Å². The standard InChI is InChI=1S/C13H5Cl2F3N2OS/c14-6-3-8(15)11(19-5-6)12-20-9-4-7(22-13(16,17)18)1-2-10(9)21-12/h1-5H. The minimum atomic E-state index is -4.36. The van der Waals surface area contributed by atoms with Crippen molar-refractivity contribution in [1.82, 2.24) is 9.97 Å². The number of rotatable bonds is 2. The Hall–Kier alpha value is -1.44. The summed E-state index contributed by atoms with van der Waals surface area (Å²) in [5, 5.41) is 0.595. The van der Waals surface area contributed by atoms with Gasteiger partial charge in [-0.25, -0.2) is 9.97 Å². The summed E-state index contributed by atoms with van der Waals surface area (Å²) in [6.45, 7) is 0. The van der Waals surface area contributed by atoms with Gasteiger partial charge in [-0.05, 0) is 36.0 Å². The van der Waals surface area contributed by atoms with E-state index >= 15 is 0 Å². The van der Waals surface area contributed by atoms with E-state index in [4.69, 9.17) is 27.6 Å². The Kier molecular flexibility index (Phi) is 3.96. The maximum atomic E-state index is 12.4. The van der Waals surface area contributed by atoms with E-state index in [0.717, 1.165) is 0 Å². The van der Waals surface area contributed by atoms with Crippen LogP contribution in [0.25, 0.3) is 22.7 Å². The van der Waals surface area contributed by atoms with Crippen molar-refractivity contribution in [3.05, 3.63) is 40.5 Å². The molecule has 0 spiro atoms. The topological polar surface area (TPSA) is 38.9 Å². The minimum Gasteiger partial charge on any atom is -0.435 e. The highest BCUT2D eigenvalue weighted by Crippen LogP contribution is 2.38. The molecule has 0 aliphatic carbocycles. The Morgan fingerprint density at radius 3 is 2.59 bits per heavy atom. The fourth-order valence-electron chi connectivity index (χ4n) is 1.78. The van der Waals surface area contributed by atoms with E-state index in [2.05, 4.69) is 9.97 Å². The third-order valence-electron chi connectivity index (χ3n) is 2.60. The second kappa shape index (κ2) is 5.64. The molecule has 22 heavy (non-hydrogen) atoms. The largest absolute Gasteiger partial charge is 0.446 e. The molecule has 3 nitrogen and oxygen atoms in total. The Balaban J connectivity index is 2.02. The average Bonchev–Trinajstić information content (AvgIpc) is 2.79. The van der Waals surface area contributed by atoms with E-state index in [1.54, 1.807) is 0 Å². The van der Waals surface area contributed by atoms with Crippen LogP contribution in [0.2, 0.25) is 10.0 Å². The van der Waals surface area contributed by atoms with Gasteiger partial charge in [0.2, 0.25) is 5.89 Å². The molecular weight excluding hydrogens is 360 g/mol. The first-order valence-electron chi connectivity index (χ1n) is 5.79. The highest BCUT2D eigenvalue weighted by molar-refractivity contribution is 8.00. The second-order valence-electron chi connectivity index (χ2n) is 4.18. The number of fused-ring (bicyclic) bond motifs is 1. The van der Waals surface area contributed by atoms with Crippen LogP contribution < -0.4 is 0 Å². The molecule has 1 aromatic carbocycles. The third kappa shape index (κ3) is 3.31. The fraction of sp³-hybridized carbons (Fsp3) is 0.0769. The van der Waals surface area contributed by atoms with Gasteiger partial charge in [0.25, 0.3) is 0 Å². The molecule has 0 saturated heterocycles. The zero-order valence-corrected chi connectivity index (χ0v) is 12.8. The van der Waals surface area contributed by atoms with Crippen molar-refractivity contribution >= 4 is 46.1 Å². The number of alkyl halides is 3. The number of halogens is 5. The lowest BCUT2D eigenvalue weighted by atomic mass is 10.3. The van der Waals surface area contributed by atoms with E-state index in [9.17, 15) is 13.2 Å². The highest BCUT2D eigenvalue weighted by Gasteiger charge is 2.29. The van der Waals surface area contributed by atoms with Gasteiger partial charge in [-0.2, -0.15) is 13.2 Å². The van der Waals surface area contributed by atoms with Crippen molar-refractivity contribution < 1.29 is 17.6 Å². The van der Waals surface area contributed by atoms with Crippen LogP contribution in [0.5, 0.6) is 0 Å². The maximum Gasteiger partial charge on any atom is 0.446 e. The van der Waals surface area contributed by atoms with Crippen LogP contribution in [0.4, 0.5) is 13.2 Å². The number of aromatic nitrogens is 2. The lowest BCUT2D eigenvalue weighted by Crippen LogP contribution is -1.98. The normalized spacial score (nSPS) is 12.0. The summed E-state index contributed by atoms with van der Waals surface area (Å²) in [5.74, 6) is 0.117. The minimum absolute atomic E-state index is 0.0232. The molecule has 9 heteroatoms. The zero-order valence-electron chi connectivity index (χ0n) is 10.5. The maximum absolute atomic E-state index is 12.4. The molecule has 0 amide bonds. The van der Waals surface area contributed by atoms with Gasteiger partial charge in [0.05, 0.1) is 10.0 Å². The van der Waals surface area contributed by atoms with Crippen LogP contribution in [0.3, 0.4) is 0 Å². The lowest BCUT2D eigenvalue weighted by molar-refractivity contribution is -0.0328. The number of benzene rings is 1. The summed E-state index contributed by atoms with van der Waals surface area (Å²) in [6.07, 6.45) is 1.38. The molecular formula is C13H5Cl2F3N2OS. The van der Waals surface area contributed by atoms with Gasteiger partial charge in [0, 0.05) is 11.1 Å². The smallest absolute Gasteiger partial charge is 0.435 e. The van der Waals surface area contributed by atoms with Gasteiger partial charge in [-0.1, -0.05) is 23.2 Å². The van der Waals surface area contributed by atoms with E-state index < -0.39 is 5.51 Å². The summed E-state index contributed by atoms with van der Waals surface area (Å²) in [7, 11) is 0. The Labute approximate surface area is 136 Å². The van der Waals surface area contributed by atoms with Gasteiger partial charge in [0.1, 0.15) is 11.2 Å². The molecule has 0 aliphatic heterocycles. The first-order chi connectivity index (χ1) is 10.3. The summed E-state index contributed by atoms with van der Waals surface area (Å²) < 4.78 is 42.6. The van der Waals surface area contributed by atoms with Crippen LogP contribution in [0.1, 0.15) is 0 Å². The quantitative estimate of drug-likeness (QED) is 0.538. The number of hydrogen-bond acceptors (Lipinski definition) is 4. The molecule has 0 bridgehead atoms. The van der Waals surface area contributed by atoms with E-state index in [0.29, 0.717) is 10.6 Å². The molecule has 2 heterocycles. The molecule has 2 aromatic heterocycles. The van der Waals surface area contributed by atoms with Gasteiger partial charge in [-0.15, -0.1) is 0 Å². The number of oxazole rings is 1. The predicted molar refractivity (Wildman–Crippen MR) is 79.2 cm³/mol. The average molecular weight is 365 g/mol. The van der Waals surface area contributed by atoms with Crippen molar-refractivity contribution in [3.8, 4) is 11.6 Å².